The molecule has 0 aliphatic rings. The van der Waals surface area contributed by atoms with E-state index in [1.807, 2.05) is 6.07 Å². The van der Waals surface area contributed by atoms with Gasteiger partial charge in [-0.3, -0.25) is 0 Å². The van der Waals surface area contributed by atoms with Gasteiger partial charge in [0.05, 0.1) is 7.11 Å². The van der Waals surface area contributed by atoms with E-state index in [0.29, 0.717) is 12.1 Å². The molecular formula is C16H27BNO. The third-order valence-corrected chi connectivity index (χ3v) is 4.03. The summed E-state index contributed by atoms with van der Waals surface area (Å²) < 4.78 is 5.40. The van der Waals surface area contributed by atoms with Crippen LogP contribution in [0.2, 0.25) is 0 Å². The number of ether oxygens (including phenoxy) is 1. The van der Waals surface area contributed by atoms with Gasteiger partial charge >= 0.3 is 0 Å². The normalized spacial score (nSPS) is 14.3. The average Bonchev–Trinajstić information content (AvgIpc) is 2.44. The first-order valence-electron chi connectivity index (χ1n) is 7.31. The van der Waals surface area contributed by atoms with Crippen molar-refractivity contribution < 1.29 is 4.74 Å². The standard InChI is InChI=1S/C16H27BNO/c1-7-12(3)18(13(4)8-2)17-15-10-9-11-16(19-6)14(15)5/h9-13H,7-8H2,1-6H3. The Morgan fingerprint density at radius 3 is 2.21 bits per heavy atom. The lowest BCUT2D eigenvalue weighted by molar-refractivity contribution is 0.271. The van der Waals surface area contributed by atoms with Gasteiger partial charge < -0.3 is 9.55 Å². The van der Waals surface area contributed by atoms with Crippen LogP contribution in [-0.4, -0.2) is 31.4 Å². The highest BCUT2D eigenvalue weighted by molar-refractivity contribution is 6.51. The van der Waals surface area contributed by atoms with E-state index >= 15 is 0 Å². The lowest BCUT2D eigenvalue weighted by Crippen LogP contribution is -2.47. The first-order chi connectivity index (χ1) is 9.04. The molecule has 0 spiro atoms. The van der Waals surface area contributed by atoms with Gasteiger partial charge in [0.15, 0.2) is 0 Å². The molecule has 0 fully saturated rings. The molecular weight excluding hydrogens is 233 g/mol. The molecule has 19 heavy (non-hydrogen) atoms. The molecule has 3 heteroatoms. The summed E-state index contributed by atoms with van der Waals surface area (Å²) in [5.74, 6) is 0.960. The Morgan fingerprint density at radius 1 is 1.16 bits per heavy atom. The zero-order chi connectivity index (χ0) is 14.4. The molecule has 0 saturated heterocycles. The summed E-state index contributed by atoms with van der Waals surface area (Å²) in [6.07, 6.45) is 2.31. The van der Waals surface area contributed by atoms with Crippen LogP contribution in [0.15, 0.2) is 18.2 Å². The molecule has 0 aliphatic heterocycles. The molecule has 1 aromatic carbocycles. The van der Waals surface area contributed by atoms with Gasteiger partial charge in [-0.05, 0) is 43.5 Å². The van der Waals surface area contributed by atoms with Gasteiger partial charge in [-0.15, -0.1) is 0 Å². The Balaban J connectivity index is 2.96. The first kappa shape index (κ1) is 16.1. The van der Waals surface area contributed by atoms with Crippen molar-refractivity contribution in [2.24, 2.45) is 0 Å². The van der Waals surface area contributed by atoms with Gasteiger partial charge in [0.2, 0.25) is 7.41 Å². The van der Waals surface area contributed by atoms with Gasteiger partial charge in [-0.1, -0.05) is 45.3 Å². The van der Waals surface area contributed by atoms with Crippen LogP contribution in [0.5, 0.6) is 5.75 Å². The second kappa shape index (κ2) is 7.59. The molecule has 0 aliphatic carbocycles. The van der Waals surface area contributed by atoms with Gasteiger partial charge in [0, 0.05) is 0 Å². The Labute approximate surface area is 119 Å². The Bertz CT molecular complexity index is 384. The summed E-state index contributed by atoms with van der Waals surface area (Å²) in [4.78, 5) is 2.47. The highest BCUT2D eigenvalue weighted by Crippen LogP contribution is 2.16. The number of hydrogen-bond donors (Lipinski definition) is 0. The lowest BCUT2D eigenvalue weighted by atomic mass is 9.74. The van der Waals surface area contributed by atoms with E-state index in [-0.39, 0.29) is 0 Å². The maximum atomic E-state index is 5.40. The molecule has 2 nitrogen and oxygen atoms in total. The summed E-state index contributed by atoms with van der Waals surface area (Å²) in [7, 11) is 4.02. The van der Waals surface area contributed by atoms with Crippen molar-refractivity contribution in [3.8, 4) is 5.75 Å². The predicted octanol–water partition coefficient (Wildman–Crippen LogP) is 3.15. The predicted molar refractivity (Wildman–Crippen MR) is 84.5 cm³/mol. The molecule has 1 radical (unpaired) electrons. The van der Waals surface area contributed by atoms with Crippen LogP contribution in [0, 0.1) is 6.92 Å². The van der Waals surface area contributed by atoms with E-state index < -0.39 is 0 Å². The summed E-state index contributed by atoms with van der Waals surface area (Å²) in [6, 6.07) is 7.35. The van der Waals surface area contributed by atoms with Crippen molar-refractivity contribution >= 4 is 12.9 Å². The molecule has 0 aromatic heterocycles. The molecule has 1 rings (SSSR count). The second-order valence-corrected chi connectivity index (χ2v) is 5.27. The minimum atomic E-state index is 0.556. The SMILES string of the molecule is CCC(C)N([B]c1cccc(OC)c1C)C(C)CC. The van der Waals surface area contributed by atoms with Crippen molar-refractivity contribution in [1.29, 1.82) is 0 Å². The number of nitrogens with zero attached hydrogens (tertiary/aromatic N) is 1. The van der Waals surface area contributed by atoms with E-state index in [1.165, 1.54) is 11.0 Å². The van der Waals surface area contributed by atoms with Crippen LogP contribution in [-0.2, 0) is 0 Å². The Hall–Kier alpha value is -0.955. The summed E-state index contributed by atoms with van der Waals surface area (Å²) in [5.41, 5.74) is 2.46. The van der Waals surface area contributed by atoms with Crippen molar-refractivity contribution in [2.45, 2.75) is 59.5 Å². The molecule has 2 atom stereocenters. The van der Waals surface area contributed by atoms with Gasteiger partial charge in [-0.25, -0.2) is 0 Å². The Morgan fingerprint density at radius 2 is 1.74 bits per heavy atom. The molecule has 105 valence electrons. The number of benzene rings is 1. The van der Waals surface area contributed by atoms with Crippen molar-refractivity contribution in [1.82, 2.24) is 4.81 Å². The molecule has 0 bridgehead atoms. The maximum absolute atomic E-state index is 5.40. The van der Waals surface area contributed by atoms with Crippen LogP contribution in [0.1, 0.15) is 46.1 Å². The molecule has 0 amide bonds. The zero-order valence-electron chi connectivity index (χ0n) is 13.2. The lowest BCUT2D eigenvalue weighted by Gasteiger charge is -2.34. The van der Waals surface area contributed by atoms with E-state index in [4.69, 9.17) is 4.74 Å². The molecule has 2 unspecified atom stereocenters. The van der Waals surface area contributed by atoms with Crippen LogP contribution in [0.4, 0.5) is 0 Å². The van der Waals surface area contributed by atoms with E-state index in [0.717, 1.165) is 18.6 Å². The van der Waals surface area contributed by atoms with Gasteiger partial charge in [0.1, 0.15) is 5.75 Å². The monoisotopic (exact) mass is 260 g/mol. The number of methoxy groups -OCH3 is 1. The fraction of sp³-hybridized carbons (Fsp3) is 0.625. The van der Waals surface area contributed by atoms with Crippen molar-refractivity contribution in [3.05, 3.63) is 23.8 Å². The molecule has 0 N–H and O–H groups in total. The summed E-state index contributed by atoms with van der Waals surface area (Å²) in [5, 5.41) is 0. The molecule has 1 aromatic rings. The summed E-state index contributed by atoms with van der Waals surface area (Å²) >= 11 is 0. The smallest absolute Gasteiger partial charge is 0.248 e. The molecule has 0 saturated carbocycles. The number of rotatable bonds is 7. The topological polar surface area (TPSA) is 12.5 Å². The largest absolute Gasteiger partial charge is 0.497 e. The Kier molecular flexibility index (Phi) is 6.43. The van der Waals surface area contributed by atoms with E-state index in [2.05, 4.69) is 59.0 Å². The molecule has 0 heterocycles. The summed E-state index contributed by atoms with van der Waals surface area (Å²) in [6.45, 7) is 11.2. The van der Waals surface area contributed by atoms with Crippen molar-refractivity contribution in [2.75, 3.05) is 7.11 Å². The quantitative estimate of drug-likeness (QED) is 0.698. The fourth-order valence-electron chi connectivity index (χ4n) is 2.26. The third-order valence-electron chi connectivity index (χ3n) is 4.03. The zero-order valence-corrected chi connectivity index (χ0v) is 13.2. The van der Waals surface area contributed by atoms with E-state index in [1.54, 1.807) is 7.11 Å². The van der Waals surface area contributed by atoms with Crippen LogP contribution in [0.3, 0.4) is 0 Å². The first-order valence-corrected chi connectivity index (χ1v) is 7.31. The van der Waals surface area contributed by atoms with Crippen molar-refractivity contribution in [3.63, 3.8) is 0 Å². The van der Waals surface area contributed by atoms with Crippen LogP contribution >= 0.6 is 0 Å². The third kappa shape index (κ3) is 4.00. The van der Waals surface area contributed by atoms with Crippen LogP contribution in [0.25, 0.3) is 0 Å². The maximum Gasteiger partial charge on any atom is 0.248 e. The van der Waals surface area contributed by atoms with Gasteiger partial charge in [-0.2, -0.15) is 0 Å². The van der Waals surface area contributed by atoms with Crippen LogP contribution < -0.4 is 10.2 Å². The highest BCUT2D eigenvalue weighted by Gasteiger charge is 2.20. The highest BCUT2D eigenvalue weighted by atomic mass is 16.5. The second-order valence-electron chi connectivity index (χ2n) is 5.27. The van der Waals surface area contributed by atoms with Gasteiger partial charge in [0.25, 0.3) is 0 Å². The minimum Gasteiger partial charge on any atom is -0.497 e. The minimum absolute atomic E-state index is 0.556. The van der Waals surface area contributed by atoms with E-state index in [9.17, 15) is 0 Å². The number of hydrogen-bond acceptors (Lipinski definition) is 2. The average molecular weight is 260 g/mol. The fourth-order valence-corrected chi connectivity index (χ4v) is 2.26.